The van der Waals surface area contributed by atoms with Crippen molar-refractivity contribution in [1.82, 2.24) is 20.2 Å². The molecule has 0 aromatic carbocycles. The van der Waals surface area contributed by atoms with E-state index in [4.69, 9.17) is 13.6 Å². The van der Waals surface area contributed by atoms with Crippen molar-refractivity contribution in [1.29, 1.82) is 0 Å². The summed E-state index contributed by atoms with van der Waals surface area (Å²) < 4.78 is 16.0. The van der Waals surface area contributed by atoms with Crippen LogP contribution in [0.1, 0.15) is 45.9 Å². The van der Waals surface area contributed by atoms with Crippen LogP contribution < -0.4 is 5.56 Å². The monoisotopic (exact) mass is 446 g/mol. The third kappa shape index (κ3) is 3.65. The lowest BCUT2D eigenvalue weighted by Gasteiger charge is -2.07. The summed E-state index contributed by atoms with van der Waals surface area (Å²) >= 11 is 2.42. The maximum atomic E-state index is 12.7. The predicted octanol–water partition coefficient (Wildman–Crippen LogP) is 4.27. The second-order valence-electron chi connectivity index (χ2n) is 6.43. The molecule has 11 heteroatoms. The Labute approximate surface area is 178 Å². The number of furan rings is 1. The number of nitrogens with one attached hydrogen (secondary N) is 1. The molecule has 4 heterocycles. The third-order valence-corrected chi connectivity index (χ3v) is 6.55. The van der Waals surface area contributed by atoms with Gasteiger partial charge in [-0.15, -0.1) is 21.5 Å². The number of fused-ring (bicyclic) bond motifs is 1. The van der Waals surface area contributed by atoms with Crippen LogP contribution in [0.2, 0.25) is 0 Å². The largest absolute Gasteiger partial charge is 0.469 e. The van der Waals surface area contributed by atoms with Crippen molar-refractivity contribution in [2.45, 2.75) is 38.2 Å². The fourth-order valence-corrected chi connectivity index (χ4v) is 4.75. The van der Waals surface area contributed by atoms with Crippen molar-refractivity contribution in [2.75, 3.05) is 6.61 Å². The van der Waals surface area contributed by atoms with Gasteiger partial charge in [-0.2, -0.15) is 0 Å². The molecule has 30 heavy (non-hydrogen) atoms. The second-order valence-corrected chi connectivity index (χ2v) is 8.72. The molecule has 156 valence electrons. The molecule has 0 radical (unpaired) electrons. The number of nitrogens with zero attached hydrogens (tertiary/aromatic N) is 3. The normalized spacial score (nSPS) is 12.4. The molecule has 0 bridgehead atoms. The highest BCUT2D eigenvalue weighted by Gasteiger charge is 2.23. The van der Waals surface area contributed by atoms with Crippen LogP contribution in [0.15, 0.2) is 31.2 Å². The third-order valence-electron chi connectivity index (χ3n) is 4.44. The quantitative estimate of drug-likeness (QED) is 0.341. The Morgan fingerprint density at radius 1 is 1.37 bits per heavy atom. The molecule has 1 N–H and O–H groups in total. The summed E-state index contributed by atoms with van der Waals surface area (Å²) in [5.41, 5.74) is 1.01. The molecule has 0 aliphatic carbocycles. The molecule has 9 nitrogen and oxygen atoms in total. The fraction of sp³-hybridized carbons (Fsp3) is 0.316. The summed E-state index contributed by atoms with van der Waals surface area (Å²) in [4.78, 5) is 33.0. The average Bonchev–Trinajstić information content (AvgIpc) is 3.41. The zero-order chi connectivity index (χ0) is 21.4. The Morgan fingerprint density at radius 2 is 2.17 bits per heavy atom. The minimum absolute atomic E-state index is 0.264. The first-order valence-electron chi connectivity index (χ1n) is 9.14. The second kappa shape index (κ2) is 8.07. The Morgan fingerprint density at radius 3 is 2.87 bits per heavy atom. The maximum absolute atomic E-state index is 12.7. The van der Waals surface area contributed by atoms with E-state index in [0.29, 0.717) is 43.4 Å². The van der Waals surface area contributed by atoms with E-state index in [2.05, 4.69) is 20.2 Å². The van der Waals surface area contributed by atoms with Crippen LogP contribution in [0.5, 0.6) is 0 Å². The molecule has 0 unspecified atom stereocenters. The Balaban J connectivity index is 1.61. The van der Waals surface area contributed by atoms with Crippen molar-refractivity contribution in [3.05, 3.63) is 44.7 Å². The fourth-order valence-electron chi connectivity index (χ4n) is 2.92. The van der Waals surface area contributed by atoms with Crippen LogP contribution in [0, 0.1) is 13.8 Å². The van der Waals surface area contributed by atoms with Gasteiger partial charge in [-0.3, -0.25) is 4.79 Å². The number of thiophene rings is 1. The first-order valence-corrected chi connectivity index (χ1v) is 10.8. The van der Waals surface area contributed by atoms with Crippen LogP contribution in [0.25, 0.3) is 21.7 Å². The molecular formula is C19H18N4O5S2. The summed E-state index contributed by atoms with van der Waals surface area (Å²) in [6, 6.07) is 1.76. The van der Waals surface area contributed by atoms with Gasteiger partial charge in [-0.05, 0) is 39.3 Å². The number of carbonyl (C=O) groups excluding carboxylic acids is 1. The Bertz CT molecular complexity index is 1290. The van der Waals surface area contributed by atoms with Gasteiger partial charge in [0.25, 0.3) is 16.7 Å². The van der Waals surface area contributed by atoms with Crippen LogP contribution in [-0.4, -0.2) is 32.7 Å². The number of aromatic amines is 1. The molecule has 4 aromatic heterocycles. The van der Waals surface area contributed by atoms with Gasteiger partial charge >= 0.3 is 5.97 Å². The van der Waals surface area contributed by atoms with Gasteiger partial charge in [0.15, 0.2) is 0 Å². The summed E-state index contributed by atoms with van der Waals surface area (Å²) in [5.74, 6) is 1.05. The van der Waals surface area contributed by atoms with Crippen LogP contribution in [0.4, 0.5) is 0 Å². The van der Waals surface area contributed by atoms with Crippen LogP contribution in [-0.2, 0) is 4.74 Å². The molecule has 0 aliphatic rings. The number of thioether (sulfide) groups is 1. The number of H-pyrrole nitrogens is 1. The maximum Gasteiger partial charge on any atom is 0.348 e. The summed E-state index contributed by atoms with van der Waals surface area (Å²) in [6.07, 6.45) is 1.56. The highest BCUT2D eigenvalue weighted by molar-refractivity contribution is 7.99. The van der Waals surface area contributed by atoms with Gasteiger partial charge in [-0.25, -0.2) is 9.78 Å². The van der Waals surface area contributed by atoms with E-state index in [9.17, 15) is 9.59 Å². The van der Waals surface area contributed by atoms with Gasteiger partial charge in [-0.1, -0.05) is 11.8 Å². The summed E-state index contributed by atoms with van der Waals surface area (Å²) in [7, 11) is 0. The lowest BCUT2D eigenvalue weighted by molar-refractivity contribution is 0.0531. The molecular weight excluding hydrogens is 428 g/mol. The van der Waals surface area contributed by atoms with Crippen molar-refractivity contribution in [2.24, 2.45) is 0 Å². The summed E-state index contributed by atoms with van der Waals surface area (Å²) in [5, 5.41) is 8.57. The number of hydrogen-bond donors (Lipinski definition) is 1. The van der Waals surface area contributed by atoms with E-state index in [0.717, 1.165) is 16.9 Å². The Hall–Kier alpha value is -2.92. The predicted molar refractivity (Wildman–Crippen MR) is 112 cm³/mol. The zero-order valence-corrected chi connectivity index (χ0v) is 18.3. The number of rotatable bonds is 6. The van der Waals surface area contributed by atoms with Gasteiger partial charge in [0.2, 0.25) is 0 Å². The molecule has 0 fully saturated rings. The number of aromatic nitrogens is 4. The highest BCUT2D eigenvalue weighted by Crippen LogP contribution is 2.35. The van der Waals surface area contributed by atoms with Gasteiger partial charge in [0.1, 0.15) is 21.3 Å². The minimum Gasteiger partial charge on any atom is -0.469 e. The van der Waals surface area contributed by atoms with Crippen LogP contribution >= 0.6 is 23.1 Å². The first-order chi connectivity index (χ1) is 14.4. The van der Waals surface area contributed by atoms with Gasteiger partial charge < -0.3 is 18.6 Å². The molecule has 0 spiro atoms. The number of hydrogen-bond acceptors (Lipinski definition) is 10. The number of esters is 1. The minimum atomic E-state index is -0.450. The van der Waals surface area contributed by atoms with E-state index < -0.39 is 5.97 Å². The lowest BCUT2D eigenvalue weighted by Crippen LogP contribution is -2.12. The van der Waals surface area contributed by atoms with E-state index in [1.54, 1.807) is 26.2 Å². The van der Waals surface area contributed by atoms with Crippen molar-refractivity contribution >= 4 is 39.3 Å². The number of ether oxygens (including phenoxy) is 1. The number of aryl methyl sites for hydroxylation is 2. The first kappa shape index (κ1) is 20.4. The van der Waals surface area contributed by atoms with Gasteiger partial charge in [0, 0.05) is 0 Å². The molecule has 1 atom stereocenters. The van der Waals surface area contributed by atoms with Crippen molar-refractivity contribution < 1.29 is 18.4 Å². The standard InChI is InChI=1S/C19H18N4O5S2/c1-5-26-18(25)13-8(2)12-15(24)20-14(21-17(12)30-13)10(4)29-19-23-22-16(28-19)11-6-7-27-9(11)3/h6-7,10H,5H2,1-4H3,(H,20,21,24)/t10-/m1/s1. The van der Waals surface area contributed by atoms with Gasteiger partial charge in [0.05, 0.1) is 29.1 Å². The zero-order valence-electron chi connectivity index (χ0n) is 16.6. The number of carbonyl (C=O) groups is 1. The topological polar surface area (TPSA) is 124 Å². The SMILES string of the molecule is CCOC(=O)c1sc2nc([C@@H](C)Sc3nnc(-c4ccoc4C)o3)[nH]c(=O)c2c1C. The van der Waals surface area contributed by atoms with E-state index in [1.165, 1.54) is 11.8 Å². The molecule has 0 aliphatic heterocycles. The van der Waals surface area contributed by atoms with E-state index in [1.807, 2.05) is 13.8 Å². The molecule has 0 saturated carbocycles. The van der Waals surface area contributed by atoms with Crippen LogP contribution in [0.3, 0.4) is 0 Å². The van der Waals surface area contributed by atoms with E-state index in [-0.39, 0.29) is 17.4 Å². The van der Waals surface area contributed by atoms with Crippen molar-refractivity contribution in [3.8, 4) is 11.5 Å². The smallest absolute Gasteiger partial charge is 0.348 e. The average molecular weight is 447 g/mol. The summed E-state index contributed by atoms with van der Waals surface area (Å²) in [6.45, 7) is 7.40. The Kier molecular flexibility index (Phi) is 5.48. The van der Waals surface area contributed by atoms with E-state index >= 15 is 0 Å². The molecule has 4 rings (SSSR count). The molecule has 4 aromatic rings. The molecule has 0 amide bonds. The lowest BCUT2D eigenvalue weighted by atomic mass is 10.2. The highest BCUT2D eigenvalue weighted by atomic mass is 32.2. The molecule has 0 saturated heterocycles. The van der Waals surface area contributed by atoms with Crippen molar-refractivity contribution in [3.63, 3.8) is 0 Å².